The standard InChI is InChI=1S/C17H21N3O5/c1-20(10-12-6-7-13(23-2)15(9-12)24-3)11-16(21)18-19-17(22)14-5-4-8-25-14/h4-9H,10-11H2,1-3H3,(H,18,21)(H,19,22)/p+1. The Kier molecular flexibility index (Phi) is 6.41. The van der Waals surface area contributed by atoms with Gasteiger partial charge in [0.05, 0.1) is 27.5 Å². The number of carbonyl (C=O) groups excluding carboxylic acids is 2. The molecular formula is C17H22N3O5+. The molecule has 1 aromatic heterocycles. The predicted molar refractivity (Wildman–Crippen MR) is 89.3 cm³/mol. The highest BCUT2D eigenvalue weighted by Crippen LogP contribution is 2.27. The highest BCUT2D eigenvalue weighted by Gasteiger charge is 2.14. The van der Waals surface area contributed by atoms with E-state index < -0.39 is 5.91 Å². The fourth-order valence-corrected chi connectivity index (χ4v) is 2.32. The van der Waals surface area contributed by atoms with Crippen molar-refractivity contribution in [2.45, 2.75) is 6.54 Å². The molecule has 0 spiro atoms. The fourth-order valence-electron chi connectivity index (χ4n) is 2.32. The van der Waals surface area contributed by atoms with Gasteiger partial charge in [-0.05, 0) is 30.3 Å². The first-order valence-corrected chi connectivity index (χ1v) is 7.68. The van der Waals surface area contributed by atoms with Crippen molar-refractivity contribution in [1.29, 1.82) is 0 Å². The molecule has 1 atom stereocenters. The zero-order valence-corrected chi connectivity index (χ0v) is 14.4. The van der Waals surface area contributed by atoms with Crippen LogP contribution in [0.4, 0.5) is 0 Å². The molecule has 0 radical (unpaired) electrons. The van der Waals surface area contributed by atoms with Gasteiger partial charge < -0.3 is 18.8 Å². The summed E-state index contributed by atoms with van der Waals surface area (Å²) in [6.45, 7) is 0.798. The van der Waals surface area contributed by atoms with Crippen LogP contribution in [0, 0.1) is 0 Å². The van der Waals surface area contributed by atoms with Gasteiger partial charge in [-0.25, -0.2) is 0 Å². The summed E-state index contributed by atoms with van der Waals surface area (Å²) in [4.78, 5) is 24.5. The topological polar surface area (TPSA) is 94.2 Å². The molecule has 8 nitrogen and oxygen atoms in total. The van der Waals surface area contributed by atoms with Gasteiger partial charge in [-0.2, -0.15) is 0 Å². The van der Waals surface area contributed by atoms with E-state index in [1.165, 1.54) is 12.3 Å². The maximum Gasteiger partial charge on any atom is 0.305 e. The first-order chi connectivity index (χ1) is 12.0. The SMILES string of the molecule is COc1ccc(C[NH+](C)CC(=O)NNC(=O)c2ccco2)cc1OC. The van der Waals surface area contributed by atoms with Crippen LogP contribution in [0.25, 0.3) is 0 Å². The summed E-state index contributed by atoms with van der Waals surface area (Å²) < 4.78 is 15.4. The van der Waals surface area contributed by atoms with Crippen LogP contribution in [0.2, 0.25) is 0 Å². The van der Waals surface area contributed by atoms with Gasteiger partial charge in [0.1, 0.15) is 6.54 Å². The smallest absolute Gasteiger partial charge is 0.305 e. The highest BCUT2D eigenvalue weighted by molar-refractivity contribution is 5.92. The lowest BCUT2D eigenvalue weighted by Crippen LogP contribution is -3.09. The van der Waals surface area contributed by atoms with Crippen molar-refractivity contribution in [2.24, 2.45) is 0 Å². The van der Waals surface area contributed by atoms with Crippen LogP contribution in [0.15, 0.2) is 41.0 Å². The number of methoxy groups -OCH3 is 2. The van der Waals surface area contributed by atoms with Crippen molar-refractivity contribution >= 4 is 11.8 Å². The van der Waals surface area contributed by atoms with E-state index in [1.807, 2.05) is 25.2 Å². The Morgan fingerprint density at radius 2 is 1.88 bits per heavy atom. The van der Waals surface area contributed by atoms with Crippen molar-refractivity contribution in [2.75, 3.05) is 27.8 Å². The lowest BCUT2D eigenvalue weighted by Gasteiger charge is -2.15. The molecule has 3 N–H and O–H groups in total. The van der Waals surface area contributed by atoms with Crippen LogP contribution < -0.4 is 25.2 Å². The van der Waals surface area contributed by atoms with Crippen molar-refractivity contribution in [3.05, 3.63) is 47.9 Å². The predicted octanol–water partition coefficient (Wildman–Crippen LogP) is -0.227. The monoisotopic (exact) mass is 348 g/mol. The second-order valence-electron chi connectivity index (χ2n) is 5.48. The normalized spacial score (nSPS) is 11.5. The summed E-state index contributed by atoms with van der Waals surface area (Å²) in [5.41, 5.74) is 5.67. The number of furan rings is 1. The van der Waals surface area contributed by atoms with E-state index in [0.717, 1.165) is 10.5 Å². The Bertz CT molecular complexity index is 715. The first kappa shape index (κ1) is 18.3. The molecular weight excluding hydrogens is 326 g/mol. The second-order valence-corrected chi connectivity index (χ2v) is 5.48. The van der Waals surface area contributed by atoms with Crippen LogP contribution in [0.1, 0.15) is 16.1 Å². The zero-order chi connectivity index (χ0) is 18.2. The van der Waals surface area contributed by atoms with E-state index in [9.17, 15) is 9.59 Å². The Balaban J connectivity index is 1.82. The number of rotatable bonds is 7. The van der Waals surface area contributed by atoms with Crippen LogP contribution in [0.3, 0.4) is 0 Å². The van der Waals surface area contributed by atoms with Crippen molar-refractivity contribution < 1.29 is 28.4 Å². The fraction of sp³-hybridized carbons (Fsp3) is 0.294. The summed E-state index contributed by atoms with van der Waals surface area (Å²) in [6, 6.07) is 8.72. The minimum Gasteiger partial charge on any atom is -0.493 e. The Hall–Kier alpha value is -3.00. The Labute approximate surface area is 145 Å². The number of hydrogen-bond donors (Lipinski definition) is 3. The van der Waals surface area contributed by atoms with E-state index >= 15 is 0 Å². The third-order valence-corrected chi connectivity index (χ3v) is 3.48. The largest absolute Gasteiger partial charge is 0.493 e. The van der Waals surface area contributed by atoms with E-state index in [4.69, 9.17) is 13.9 Å². The molecule has 134 valence electrons. The quantitative estimate of drug-likeness (QED) is 0.601. The molecule has 0 saturated carbocycles. The summed E-state index contributed by atoms with van der Waals surface area (Å²) in [6.07, 6.45) is 1.39. The van der Waals surface area contributed by atoms with Crippen LogP contribution in [-0.2, 0) is 11.3 Å². The first-order valence-electron chi connectivity index (χ1n) is 7.68. The van der Waals surface area contributed by atoms with Crippen LogP contribution in [-0.4, -0.2) is 39.6 Å². The molecule has 8 heteroatoms. The molecule has 2 amide bonds. The van der Waals surface area contributed by atoms with E-state index in [0.29, 0.717) is 18.0 Å². The molecule has 0 saturated heterocycles. The summed E-state index contributed by atoms with van der Waals surface area (Å²) in [5.74, 6) is 0.616. The van der Waals surface area contributed by atoms with Gasteiger partial charge in [-0.3, -0.25) is 20.4 Å². The van der Waals surface area contributed by atoms with Gasteiger partial charge in [-0.15, -0.1) is 0 Å². The third kappa shape index (κ3) is 5.25. The van der Waals surface area contributed by atoms with Gasteiger partial charge >= 0.3 is 5.91 Å². The third-order valence-electron chi connectivity index (χ3n) is 3.48. The molecule has 0 aliphatic rings. The van der Waals surface area contributed by atoms with Crippen LogP contribution >= 0.6 is 0 Å². The average Bonchev–Trinajstić information content (AvgIpc) is 3.14. The van der Waals surface area contributed by atoms with Crippen molar-refractivity contribution in [3.63, 3.8) is 0 Å². The molecule has 0 aliphatic carbocycles. The molecule has 2 aromatic rings. The van der Waals surface area contributed by atoms with Gasteiger partial charge in [0.25, 0.3) is 5.91 Å². The number of nitrogens with one attached hydrogen (secondary N) is 3. The van der Waals surface area contributed by atoms with Crippen molar-refractivity contribution in [1.82, 2.24) is 10.9 Å². The molecule has 0 fully saturated rings. The minimum atomic E-state index is -0.504. The number of benzene rings is 1. The maximum absolute atomic E-state index is 11.9. The van der Waals surface area contributed by atoms with E-state index in [-0.39, 0.29) is 18.2 Å². The molecule has 25 heavy (non-hydrogen) atoms. The van der Waals surface area contributed by atoms with Gasteiger partial charge in [0, 0.05) is 5.56 Å². The van der Waals surface area contributed by atoms with E-state index in [1.54, 1.807) is 20.3 Å². The number of amides is 2. The number of quaternary nitrogens is 1. The maximum atomic E-state index is 11.9. The molecule has 0 aliphatic heterocycles. The molecule has 1 unspecified atom stereocenters. The summed E-state index contributed by atoms with van der Waals surface area (Å²) >= 11 is 0. The highest BCUT2D eigenvalue weighted by atomic mass is 16.5. The number of hydrazine groups is 1. The van der Waals surface area contributed by atoms with Gasteiger partial charge in [0.15, 0.2) is 23.8 Å². The van der Waals surface area contributed by atoms with Crippen LogP contribution in [0.5, 0.6) is 11.5 Å². The lowest BCUT2D eigenvalue weighted by atomic mass is 10.2. The number of likely N-dealkylation sites (N-methyl/N-ethyl adjacent to an activating group) is 1. The van der Waals surface area contributed by atoms with Gasteiger partial charge in [0.2, 0.25) is 0 Å². The Morgan fingerprint density at radius 1 is 1.12 bits per heavy atom. The van der Waals surface area contributed by atoms with E-state index in [2.05, 4.69) is 10.9 Å². The number of hydrogen-bond acceptors (Lipinski definition) is 5. The number of ether oxygens (including phenoxy) is 2. The summed E-state index contributed by atoms with van der Waals surface area (Å²) in [5, 5.41) is 0. The Morgan fingerprint density at radius 3 is 2.52 bits per heavy atom. The average molecular weight is 348 g/mol. The lowest BCUT2D eigenvalue weighted by molar-refractivity contribution is -0.885. The van der Waals surface area contributed by atoms with Crippen molar-refractivity contribution in [3.8, 4) is 11.5 Å². The van der Waals surface area contributed by atoms with Gasteiger partial charge in [-0.1, -0.05) is 0 Å². The number of carbonyl (C=O) groups is 2. The molecule has 0 bridgehead atoms. The zero-order valence-electron chi connectivity index (χ0n) is 14.4. The molecule has 1 heterocycles. The summed E-state index contributed by atoms with van der Waals surface area (Å²) in [7, 11) is 5.04. The minimum absolute atomic E-state index is 0.131. The molecule has 1 aromatic carbocycles. The molecule has 2 rings (SSSR count). The second kappa shape index (κ2) is 8.74.